The highest BCUT2D eigenvalue weighted by Gasteiger charge is 2.58. The number of methoxy groups -OCH3 is 1. The zero-order valence-electron chi connectivity index (χ0n) is 20.4. The third-order valence-corrected chi connectivity index (χ3v) is 7.96. The Hall–Kier alpha value is -3.58. The molecule has 6 atom stereocenters. The van der Waals surface area contributed by atoms with E-state index in [1.807, 2.05) is 43.3 Å². The first-order valence-corrected chi connectivity index (χ1v) is 12.3. The molecule has 1 aliphatic heterocycles. The van der Waals surface area contributed by atoms with E-state index in [-0.39, 0.29) is 23.5 Å². The summed E-state index contributed by atoms with van der Waals surface area (Å²) in [6.07, 6.45) is 2.89. The average molecular weight is 490 g/mol. The number of aromatic hydroxyl groups is 1. The molecule has 2 heterocycles. The normalized spacial score (nSPS) is 29.9. The molecule has 2 fully saturated rings. The number of piperidine rings is 1. The number of phenolic OH excluding ortho intramolecular Hbond substituents is 1. The number of nitrogens with one attached hydrogen (secondary N) is 1. The molecule has 36 heavy (non-hydrogen) atoms. The number of aliphatic carboxylic acids is 1. The predicted octanol–water partition coefficient (Wildman–Crippen LogP) is 4.51. The van der Waals surface area contributed by atoms with Gasteiger partial charge in [0, 0.05) is 36.3 Å². The molecule has 1 aromatic heterocycles. The van der Waals surface area contributed by atoms with Crippen molar-refractivity contribution in [1.29, 1.82) is 0 Å². The summed E-state index contributed by atoms with van der Waals surface area (Å²) in [4.78, 5) is 26.7. The number of furan rings is 1. The Balaban J connectivity index is 1.60. The van der Waals surface area contributed by atoms with Gasteiger partial charge in [0.25, 0.3) is 0 Å². The smallest absolute Gasteiger partial charge is 0.309 e. The number of carboxylic acid groups (broad SMARTS) is 1. The minimum Gasteiger partial charge on any atom is -0.508 e. The molecule has 3 N–H and O–H groups in total. The standard InChI is InChI=1S/C29H31NO6/c1-29(16-20-9-6-12-36-20)27(28(33)34)25(17-7-5-8-19(31)13-17)26-22(30-29)14-18(15-23(26)32)21-10-3-4-11-24(21)35-2/h3-13,18,22,25-27,30-31H,14-16H2,1-2H3,(H,33,34). The van der Waals surface area contributed by atoms with Crippen LogP contribution >= 0.6 is 0 Å². The molecule has 7 nitrogen and oxygen atoms in total. The molecular weight excluding hydrogens is 458 g/mol. The molecule has 0 radical (unpaired) electrons. The zero-order valence-corrected chi connectivity index (χ0v) is 20.4. The second-order valence-corrected chi connectivity index (χ2v) is 10.2. The van der Waals surface area contributed by atoms with Crippen LogP contribution in [0.5, 0.6) is 11.5 Å². The van der Waals surface area contributed by atoms with E-state index in [0.717, 1.165) is 11.3 Å². The van der Waals surface area contributed by atoms with Gasteiger partial charge in [0.15, 0.2) is 0 Å². The molecule has 0 amide bonds. The highest BCUT2D eigenvalue weighted by Crippen LogP contribution is 2.51. The molecule has 0 spiro atoms. The summed E-state index contributed by atoms with van der Waals surface area (Å²) < 4.78 is 11.2. The van der Waals surface area contributed by atoms with Crippen LogP contribution in [0.4, 0.5) is 0 Å². The molecule has 3 aromatic rings. The first kappa shape index (κ1) is 24.1. The Kier molecular flexibility index (Phi) is 6.35. The van der Waals surface area contributed by atoms with Gasteiger partial charge >= 0.3 is 5.97 Å². The number of hydrogen-bond donors (Lipinski definition) is 3. The number of ketones is 1. The van der Waals surface area contributed by atoms with Gasteiger partial charge in [0.2, 0.25) is 0 Å². The van der Waals surface area contributed by atoms with Crippen LogP contribution in [0.3, 0.4) is 0 Å². The van der Waals surface area contributed by atoms with Gasteiger partial charge in [-0.1, -0.05) is 30.3 Å². The Morgan fingerprint density at radius 2 is 1.94 bits per heavy atom. The van der Waals surface area contributed by atoms with Crippen molar-refractivity contribution >= 4 is 11.8 Å². The van der Waals surface area contributed by atoms with E-state index >= 15 is 0 Å². The monoisotopic (exact) mass is 489 g/mol. The molecule has 6 unspecified atom stereocenters. The molecule has 7 heteroatoms. The molecule has 1 saturated heterocycles. The van der Waals surface area contributed by atoms with Crippen LogP contribution in [-0.4, -0.2) is 40.7 Å². The summed E-state index contributed by atoms with van der Waals surface area (Å²) in [5.74, 6) is -1.61. The van der Waals surface area contributed by atoms with Crippen molar-refractivity contribution in [1.82, 2.24) is 5.32 Å². The second kappa shape index (κ2) is 9.47. The van der Waals surface area contributed by atoms with Gasteiger partial charge < -0.3 is 24.7 Å². The van der Waals surface area contributed by atoms with Gasteiger partial charge in [-0.25, -0.2) is 0 Å². The lowest BCUT2D eigenvalue weighted by Crippen LogP contribution is -2.68. The number of phenols is 1. The minimum atomic E-state index is -0.983. The van der Waals surface area contributed by atoms with Crippen molar-refractivity contribution in [2.45, 2.75) is 49.6 Å². The first-order chi connectivity index (χ1) is 17.3. The van der Waals surface area contributed by atoms with Gasteiger partial charge in [-0.2, -0.15) is 0 Å². The van der Waals surface area contributed by atoms with E-state index in [1.54, 1.807) is 37.6 Å². The van der Waals surface area contributed by atoms with E-state index in [2.05, 4.69) is 5.32 Å². The lowest BCUT2D eigenvalue weighted by atomic mass is 9.57. The van der Waals surface area contributed by atoms with Gasteiger partial charge in [-0.05, 0) is 60.7 Å². The molecular formula is C29H31NO6. The van der Waals surface area contributed by atoms with Crippen LogP contribution in [-0.2, 0) is 16.0 Å². The van der Waals surface area contributed by atoms with Crippen LogP contribution in [0.1, 0.15) is 48.5 Å². The Bertz CT molecular complexity index is 1250. The molecule has 1 aliphatic carbocycles. The fourth-order valence-corrected chi connectivity index (χ4v) is 6.59. The largest absolute Gasteiger partial charge is 0.508 e. The Morgan fingerprint density at radius 1 is 1.14 bits per heavy atom. The highest BCUT2D eigenvalue weighted by atomic mass is 16.5. The molecule has 1 saturated carbocycles. The number of carbonyl (C=O) groups is 2. The number of fused-ring (bicyclic) bond motifs is 1. The van der Waals surface area contributed by atoms with Crippen molar-refractivity contribution in [2.75, 3.05) is 7.11 Å². The van der Waals surface area contributed by atoms with Gasteiger partial charge in [-0.3, -0.25) is 9.59 Å². The number of carboxylic acids is 1. The number of hydrogen-bond acceptors (Lipinski definition) is 6. The van der Waals surface area contributed by atoms with E-state index < -0.39 is 29.3 Å². The SMILES string of the molecule is COc1ccccc1C1CC(=O)C2C(C1)NC(C)(Cc1ccco1)C(C(=O)O)C2c1cccc(O)c1. The van der Waals surface area contributed by atoms with Crippen molar-refractivity contribution in [3.63, 3.8) is 0 Å². The number of ether oxygens (including phenoxy) is 1. The third kappa shape index (κ3) is 4.28. The van der Waals surface area contributed by atoms with Crippen molar-refractivity contribution in [3.05, 3.63) is 83.8 Å². The fraction of sp³-hybridized carbons (Fsp3) is 0.379. The topological polar surface area (TPSA) is 109 Å². The Morgan fingerprint density at radius 3 is 2.64 bits per heavy atom. The summed E-state index contributed by atoms with van der Waals surface area (Å²) >= 11 is 0. The van der Waals surface area contributed by atoms with Crippen molar-refractivity contribution in [2.24, 2.45) is 11.8 Å². The van der Waals surface area contributed by atoms with Crippen LogP contribution < -0.4 is 10.1 Å². The average Bonchev–Trinajstić information content (AvgIpc) is 3.35. The number of carbonyl (C=O) groups excluding carboxylic acids is 1. The third-order valence-electron chi connectivity index (χ3n) is 7.96. The maximum Gasteiger partial charge on any atom is 0.309 e. The maximum atomic E-state index is 13.8. The van der Waals surface area contributed by atoms with E-state index in [9.17, 15) is 19.8 Å². The molecule has 2 aliphatic rings. The van der Waals surface area contributed by atoms with Crippen LogP contribution in [0.15, 0.2) is 71.3 Å². The van der Waals surface area contributed by atoms with Gasteiger partial charge in [0.05, 0.1) is 19.3 Å². The molecule has 188 valence electrons. The highest BCUT2D eigenvalue weighted by molar-refractivity contribution is 5.87. The van der Waals surface area contributed by atoms with Crippen molar-refractivity contribution in [3.8, 4) is 11.5 Å². The van der Waals surface area contributed by atoms with Crippen LogP contribution in [0, 0.1) is 11.8 Å². The summed E-state index contributed by atoms with van der Waals surface area (Å²) in [6, 6.07) is 17.8. The summed E-state index contributed by atoms with van der Waals surface area (Å²) in [5.41, 5.74) is 0.744. The number of benzene rings is 2. The molecule has 5 rings (SSSR count). The van der Waals surface area contributed by atoms with Crippen LogP contribution in [0.25, 0.3) is 0 Å². The first-order valence-electron chi connectivity index (χ1n) is 12.3. The number of para-hydroxylation sites is 1. The lowest BCUT2D eigenvalue weighted by molar-refractivity contribution is -0.151. The lowest BCUT2D eigenvalue weighted by Gasteiger charge is -2.54. The van der Waals surface area contributed by atoms with E-state index in [0.29, 0.717) is 30.6 Å². The Labute approximate surface area is 210 Å². The minimum absolute atomic E-state index is 0.0225. The van der Waals surface area contributed by atoms with Crippen LogP contribution in [0.2, 0.25) is 0 Å². The zero-order chi connectivity index (χ0) is 25.4. The fourth-order valence-electron chi connectivity index (χ4n) is 6.59. The van der Waals surface area contributed by atoms with Gasteiger partial charge in [-0.15, -0.1) is 0 Å². The molecule has 0 bridgehead atoms. The van der Waals surface area contributed by atoms with Gasteiger partial charge in [0.1, 0.15) is 23.0 Å². The predicted molar refractivity (Wildman–Crippen MR) is 133 cm³/mol. The summed E-state index contributed by atoms with van der Waals surface area (Å²) in [7, 11) is 1.63. The number of Topliss-reactive ketones (excluding diaryl/α,β-unsaturated/α-hetero) is 1. The summed E-state index contributed by atoms with van der Waals surface area (Å²) in [6.45, 7) is 1.90. The van der Waals surface area contributed by atoms with E-state index in [1.165, 1.54) is 0 Å². The van der Waals surface area contributed by atoms with E-state index in [4.69, 9.17) is 9.15 Å². The summed E-state index contributed by atoms with van der Waals surface area (Å²) in [5, 5.41) is 24.4. The molecule has 2 aromatic carbocycles. The maximum absolute atomic E-state index is 13.8. The second-order valence-electron chi connectivity index (χ2n) is 10.2. The van der Waals surface area contributed by atoms with Crippen molar-refractivity contribution < 1.29 is 29.0 Å². The quantitative estimate of drug-likeness (QED) is 0.467. The number of rotatable bonds is 6.